The van der Waals surface area contributed by atoms with Gasteiger partial charge in [0.25, 0.3) is 0 Å². The third kappa shape index (κ3) is 2.77. The lowest BCUT2D eigenvalue weighted by molar-refractivity contribution is 0.616. The van der Waals surface area contributed by atoms with Crippen LogP contribution in [0.1, 0.15) is 29.9 Å². The Bertz CT molecular complexity index is 558. The van der Waals surface area contributed by atoms with E-state index in [1.807, 2.05) is 20.8 Å². The summed E-state index contributed by atoms with van der Waals surface area (Å²) in [6.07, 6.45) is 2.78. The summed E-state index contributed by atoms with van der Waals surface area (Å²) in [6, 6.07) is 1.29. The number of aryl methyl sites for hydroxylation is 2. The summed E-state index contributed by atoms with van der Waals surface area (Å²) in [7, 11) is 0. The molecule has 0 aliphatic heterocycles. The molecule has 1 atom stereocenters. The Kier molecular flexibility index (Phi) is 3.45. The Morgan fingerprint density at radius 2 is 1.94 bits per heavy atom. The van der Waals surface area contributed by atoms with E-state index in [-0.39, 0.29) is 11.9 Å². The zero-order valence-corrected chi connectivity index (χ0v) is 10.5. The van der Waals surface area contributed by atoms with Crippen molar-refractivity contribution in [1.29, 1.82) is 0 Å². The summed E-state index contributed by atoms with van der Waals surface area (Å²) in [5.74, 6) is 0.0649. The minimum atomic E-state index is -0.361. The van der Waals surface area contributed by atoms with Crippen molar-refractivity contribution in [3.05, 3.63) is 41.2 Å². The van der Waals surface area contributed by atoms with E-state index < -0.39 is 0 Å². The fourth-order valence-electron chi connectivity index (χ4n) is 1.46. The number of hydrogen-bond acceptors (Lipinski definition) is 5. The van der Waals surface area contributed by atoms with E-state index in [4.69, 9.17) is 0 Å². The molecule has 2 aromatic rings. The highest BCUT2D eigenvalue weighted by Gasteiger charge is 2.09. The molecule has 18 heavy (non-hydrogen) atoms. The van der Waals surface area contributed by atoms with E-state index in [0.717, 1.165) is 17.0 Å². The van der Waals surface area contributed by atoms with Crippen molar-refractivity contribution in [2.45, 2.75) is 26.8 Å². The van der Waals surface area contributed by atoms with E-state index in [0.29, 0.717) is 5.95 Å². The minimum Gasteiger partial charge on any atom is -0.346 e. The third-order valence-electron chi connectivity index (χ3n) is 2.66. The molecule has 0 bridgehead atoms. The van der Waals surface area contributed by atoms with Gasteiger partial charge in [-0.3, -0.25) is 4.98 Å². The Hall–Kier alpha value is -2.11. The smallest absolute Gasteiger partial charge is 0.243 e. The topological polar surface area (TPSA) is 63.6 Å². The zero-order chi connectivity index (χ0) is 13.1. The summed E-state index contributed by atoms with van der Waals surface area (Å²) in [5, 5.41) is 11.0. The van der Waals surface area contributed by atoms with Crippen LogP contribution in [0.4, 0.5) is 10.3 Å². The summed E-state index contributed by atoms with van der Waals surface area (Å²) in [5.41, 5.74) is 2.34. The van der Waals surface area contributed by atoms with Gasteiger partial charge in [0, 0.05) is 6.20 Å². The van der Waals surface area contributed by atoms with Gasteiger partial charge in [0.05, 0.1) is 23.6 Å². The molecule has 0 aromatic carbocycles. The van der Waals surface area contributed by atoms with Crippen molar-refractivity contribution < 1.29 is 4.39 Å². The van der Waals surface area contributed by atoms with Crippen LogP contribution in [0.3, 0.4) is 0 Å². The largest absolute Gasteiger partial charge is 0.346 e. The standard InChI is InChI=1S/C12H14FN5/c1-7-8(2)17-18-12(15-7)16-9(3)10-4-11(13)6-14-5-10/h4-6,9H,1-3H3,(H,15,16,18)/t9-/m0/s1. The summed E-state index contributed by atoms with van der Waals surface area (Å²) >= 11 is 0. The van der Waals surface area contributed by atoms with Crippen LogP contribution in [0.5, 0.6) is 0 Å². The fraction of sp³-hybridized carbons (Fsp3) is 0.333. The maximum absolute atomic E-state index is 13.0. The van der Waals surface area contributed by atoms with Crippen LogP contribution >= 0.6 is 0 Å². The van der Waals surface area contributed by atoms with Crippen molar-refractivity contribution in [3.8, 4) is 0 Å². The first kappa shape index (κ1) is 12.3. The van der Waals surface area contributed by atoms with Crippen molar-refractivity contribution in [1.82, 2.24) is 20.2 Å². The Morgan fingerprint density at radius 1 is 1.17 bits per heavy atom. The highest BCUT2D eigenvalue weighted by Crippen LogP contribution is 2.16. The van der Waals surface area contributed by atoms with Gasteiger partial charge in [-0.15, -0.1) is 5.10 Å². The molecule has 0 aliphatic carbocycles. The third-order valence-corrected chi connectivity index (χ3v) is 2.66. The number of rotatable bonds is 3. The van der Waals surface area contributed by atoms with E-state index in [1.165, 1.54) is 12.3 Å². The summed E-state index contributed by atoms with van der Waals surface area (Å²) < 4.78 is 13.0. The minimum absolute atomic E-state index is 0.142. The Morgan fingerprint density at radius 3 is 2.61 bits per heavy atom. The maximum atomic E-state index is 13.0. The predicted molar refractivity (Wildman–Crippen MR) is 65.5 cm³/mol. The van der Waals surface area contributed by atoms with Crippen LogP contribution in [0.2, 0.25) is 0 Å². The monoisotopic (exact) mass is 247 g/mol. The predicted octanol–water partition coefficient (Wildman–Crippen LogP) is 2.20. The van der Waals surface area contributed by atoms with Gasteiger partial charge in [-0.1, -0.05) is 0 Å². The number of anilines is 1. The molecule has 2 aromatic heterocycles. The highest BCUT2D eigenvalue weighted by molar-refractivity contribution is 5.30. The van der Waals surface area contributed by atoms with Crippen LogP contribution in [0.25, 0.3) is 0 Å². The number of aromatic nitrogens is 4. The van der Waals surface area contributed by atoms with Crippen LogP contribution in [0, 0.1) is 19.7 Å². The van der Waals surface area contributed by atoms with E-state index in [1.54, 1.807) is 6.20 Å². The van der Waals surface area contributed by atoms with Crippen LogP contribution in [-0.4, -0.2) is 20.2 Å². The maximum Gasteiger partial charge on any atom is 0.243 e. The van der Waals surface area contributed by atoms with Crippen molar-refractivity contribution in [3.63, 3.8) is 0 Å². The van der Waals surface area contributed by atoms with E-state index in [2.05, 4.69) is 25.5 Å². The molecule has 0 aliphatic rings. The SMILES string of the molecule is Cc1nnc(N[C@@H](C)c2cncc(F)c2)nc1C. The van der Waals surface area contributed by atoms with Crippen LogP contribution in [-0.2, 0) is 0 Å². The number of nitrogens with zero attached hydrogens (tertiary/aromatic N) is 4. The number of pyridine rings is 1. The molecule has 0 amide bonds. The lowest BCUT2D eigenvalue weighted by atomic mass is 10.1. The molecule has 0 fully saturated rings. The van der Waals surface area contributed by atoms with Crippen molar-refractivity contribution in [2.24, 2.45) is 0 Å². The van der Waals surface area contributed by atoms with E-state index >= 15 is 0 Å². The second kappa shape index (κ2) is 5.03. The molecule has 6 heteroatoms. The Balaban J connectivity index is 2.16. The molecule has 5 nitrogen and oxygen atoms in total. The van der Waals surface area contributed by atoms with Gasteiger partial charge in [0.2, 0.25) is 5.95 Å². The molecular weight excluding hydrogens is 233 g/mol. The first-order chi connectivity index (χ1) is 8.56. The second-order valence-corrected chi connectivity index (χ2v) is 4.11. The molecule has 94 valence electrons. The molecule has 2 heterocycles. The highest BCUT2D eigenvalue weighted by atomic mass is 19.1. The average Bonchev–Trinajstić information content (AvgIpc) is 2.34. The number of hydrogen-bond donors (Lipinski definition) is 1. The fourth-order valence-corrected chi connectivity index (χ4v) is 1.46. The molecule has 1 N–H and O–H groups in total. The first-order valence-electron chi connectivity index (χ1n) is 5.61. The molecule has 2 rings (SSSR count). The van der Waals surface area contributed by atoms with Crippen molar-refractivity contribution in [2.75, 3.05) is 5.32 Å². The molecule has 0 saturated heterocycles. The normalized spacial score (nSPS) is 12.2. The number of nitrogens with one attached hydrogen (secondary N) is 1. The molecule has 0 radical (unpaired) electrons. The second-order valence-electron chi connectivity index (χ2n) is 4.11. The van der Waals surface area contributed by atoms with Gasteiger partial charge in [-0.2, -0.15) is 5.10 Å². The molecule has 0 spiro atoms. The number of halogens is 1. The van der Waals surface area contributed by atoms with Gasteiger partial charge >= 0.3 is 0 Å². The quantitative estimate of drug-likeness (QED) is 0.900. The molecule has 0 unspecified atom stereocenters. The Labute approximate surface area is 105 Å². The van der Waals surface area contributed by atoms with Gasteiger partial charge in [-0.05, 0) is 32.4 Å². The lowest BCUT2D eigenvalue weighted by Crippen LogP contribution is -2.12. The molecule has 0 saturated carbocycles. The summed E-state index contributed by atoms with van der Waals surface area (Å²) in [4.78, 5) is 8.07. The van der Waals surface area contributed by atoms with Gasteiger partial charge in [0.15, 0.2) is 0 Å². The van der Waals surface area contributed by atoms with Gasteiger partial charge in [-0.25, -0.2) is 9.37 Å². The van der Waals surface area contributed by atoms with Crippen LogP contribution < -0.4 is 5.32 Å². The average molecular weight is 247 g/mol. The summed E-state index contributed by atoms with van der Waals surface area (Å²) in [6.45, 7) is 5.59. The van der Waals surface area contributed by atoms with Gasteiger partial charge in [0.1, 0.15) is 5.82 Å². The lowest BCUT2D eigenvalue weighted by Gasteiger charge is -2.13. The zero-order valence-electron chi connectivity index (χ0n) is 10.5. The van der Waals surface area contributed by atoms with Gasteiger partial charge < -0.3 is 5.32 Å². The van der Waals surface area contributed by atoms with Crippen molar-refractivity contribution >= 4 is 5.95 Å². The van der Waals surface area contributed by atoms with E-state index in [9.17, 15) is 4.39 Å². The first-order valence-corrected chi connectivity index (χ1v) is 5.61. The van der Waals surface area contributed by atoms with Crippen LogP contribution in [0.15, 0.2) is 18.5 Å². The molecular formula is C12H14FN5.